The molecule has 1 fully saturated rings. The number of hydrogen-bond acceptors (Lipinski definition) is 3. The molecule has 2 rings (SSSR count). The van der Waals surface area contributed by atoms with Crippen LogP contribution in [-0.2, 0) is 9.47 Å². The molecule has 1 aliphatic heterocycles. The fourth-order valence-electron chi connectivity index (χ4n) is 1.94. The summed E-state index contributed by atoms with van der Waals surface area (Å²) in [7, 11) is 0. The van der Waals surface area contributed by atoms with E-state index in [0.717, 1.165) is 37.0 Å². The minimum atomic E-state index is -0.149. The van der Waals surface area contributed by atoms with Crippen LogP contribution in [0.5, 0.6) is 0 Å². The van der Waals surface area contributed by atoms with Gasteiger partial charge in [-0.2, -0.15) is 0 Å². The van der Waals surface area contributed by atoms with Crippen LogP contribution in [0.1, 0.15) is 30.4 Å². The molecule has 3 heteroatoms. The van der Waals surface area contributed by atoms with E-state index in [0.29, 0.717) is 6.61 Å². The first kappa shape index (κ1) is 14.6. The lowest BCUT2D eigenvalue weighted by molar-refractivity contribution is -0.154. The Hall–Kier alpha value is -1.78. The summed E-state index contributed by atoms with van der Waals surface area (Å²) in [5.74, 6) is 11.5. The van der Waals surface area contributed by atoms with Gasteiger partial charge in [-0.15, -0.1) is 0 Å². The van der Waals surface area contributed by atoms with Gasteiger partial charge in [0.2, 0.25) is 0 Å². The SMILES string of the molecule is OCC#Cc1ccccc1C#CCOC1CCCCO1. The van der Waals surface area contributed by atoms with E-state index >= 15 is 0 Å². The van der Waals surface area contributed by atoms with E-state index in [2.05, 4.69) is 23.7 Å². The van der Waals surface area contributed by atoms with Gasteiger partial charge in [-0.05, 0) is 31.4 Å². The van der Waals surface area contributed by atoms with Crippen LogP contribution >= 0.6 is 0 Å². The molecule has 0 bridgehead atoms. The summed E-state index contributed by atoms with van der Waals surface area (Å²) < 4.78 is 11.0. The van der Waals surface area contributed by atoms with Gasteiger partial charge in [-0.3, -0.25) is 0 Å². The molecule has 1 aromatic carbocycles. The summed E-state index contributed by atoms with van der Waals surface area (Å²) in [6.07, 6.45) is 3.10. The fraction of sp³-hybridized carbons (Fsp3) is 0.412. The van der Waals surface area contributed by atoms with Crippen LogP contribution in [0.2, 0.25) is 0 Å². The van der Waals surface area contributed by atoms with Gasteiger partial charge in [0.1, 0.15) is 13.2 Å². The van der Waals surface area contributed by atoms with Crippen molar-refractivity contribution in [3.05, 3.63) is 35.4 Å². The van der Waals surface area contributed by atoms with E-state index in [4.69, 9.17) is 14.6 Å². The first-order valence-electron chi connectivity index (χ1n) is 6.81. The molecule has 1 aromatic rings. The van der Waals surface area contributed by atoms with Crippen molar-refractivity contribution in [2.75, 3.05) is 19.8 Å². The lowest BCUT2D eigenvalue weighted by atomic mass is 10.1. The molecule has 1 heterocycles. The zero-order valence-electron chi connectivity index (χ0n) is 11.4. The third-order valence-electron chi connectivity index (χ3n) is 2.93. The molecule has 1 aliphatic rings. The van der Waals surface area contributed by atoms with Crippen LogP contribution in [-0.4, -0.2) is 31.2 Å². The molecule has 0 saturated carbocycles. The van der Waals surface area contributed by atoms with Crippen LogP contribution in [0.3, 0.4) is 0 Å². The molecule has 1 saturated heterocycles. The van der Waals surface area contributed by atoms with Gasteiger partial charge in [-0.25, -0.2) is 0 Å². The third-order valence-corrected chi connectivity index (χ3v) is 2.93. The predicted molar refractivity (Wildman–Crippen MR) is 76.8 cm³/mol. The third kappa shape index (κ3) is 4.72. The Kier molecular flexibility index (Phi) is 6.14. The zero-order chi connectivity index (χ0) is 14.0. The van der Waals surface area contributed by atoms with Crippen molar-refractivity contribution in [2.24, 2.45) is 0 Å². The Morgan fingerprint density at radius 3 is 2.55 bits per heavy atom. The summed E-state index contributed by atoms with van der Waals surface area (Å²) in [6.45, 7) is 0.980. The highest BCUT2D eigenvalue weighted by atomic mass is 16.7. The van der Waals surface area contributed by atoms with Gasteiger partial charge in [0.25, 0.3) is 0 Å². The number of rotatable bonds is 2. The minimum Gasteiger partial charge on any atom is -0.384 e. The minimum absolute atomic E-state index is 0.109. The van der Waals surface area contributed by atoms with Crippen LogP contribution in [0, 0.1) is 23.7 Å². The molecular formula is C17H18O3. The maximum atomic E-state index is 8.73. The number of ether oxygens (including phenoxy) is 2. The molecule has 0 radical (unpaired) electrons. The Balaban J connectivity index is 1.91. The van der Waals surface area contributed by atoms with E-state index in [1.54, 1.807) is 0 Å². The van der Waals surface area contributed by atoms with Crippen molar-refractivity contribution in [1.82, 2.24) is 0 Å². The molecular weight excluding hydrogens is 252 g/mol. The van der Waals surface area contributed by atoms with Gasteiger partial charge in [0, 0.05) is 17.7 Å². The molecule has 1 unspecified atom stereocenters. The first-order valence-corrected chi connectivity index (χ1v) is 6.81. The lowest BCUT2D eigenvalue weighted by Crippen LogP contribution is -2.22. The van der Waals surface area contributed by atoms with Crippen LogP contribution in [0.15, 0.2) is 24.3 Å². The van der Waals surface area contributed by atoms with Gasteiger partial charge < -0.3 is 14.6 Å². The number of aliphatic hydroxyl groups excluding tert-OH is 1. The first-order chi connectivity index (χ1) is 9.90. The largest absolute Gasteiger partial charge is 0.384 e. The van der Waals surface area contributed by atoms with Crippen LogP contribution in [0.25, 0.3) is 0 Å². The normalized spacial score (nSPS) is 17.6. The Bertz CT molecular complexity index is 537. The van der Waals surface area contributed by atoms with Crippen molar-refractivity contribution in [2.45, 2.75) is 25.6 Å². The molecule has 1 N–H and O–H groups in total. The van der Waals surface area contributed by atoms with Gasteiger partial charge in [0.15, 0.2) is 6.29 Å². The average Bonchev–Trinajstić information content (AvgIpc) is 2.51. The molecule has 3 nitrogen and oxygen atoms in total. The van der Waals surface area contributed by atoms with E-state index < -0.39 is 0 Å². The molecule has 20 heavy (non-hydrogen) atoms. The quantitative estimate of drug-likeness (QED) is 0.835. The van der Waals surface area contributed by atoms with Gasteiger partial charge >= 0.3 is 0 Å². The smallest absolute Gasteiger partial charge is 0.158 e. The van der Waals surface area contributed by atoms with Crippen molar-refractivity contribution in [3.8, 4) is 23.7 Å². The van der Waals surface area contributed by atoms with Crippen molar-refractivity contribution in [3.63, 3.8) is 0 Å². The molecule has 0 aromatic heterocycles. The summed E-state index contributed by atoms with van der Waals surface area (Å²) >= 11 is 0. The number of hydrogen-bond donors (Lipinski definition) is 1. The second-order valence-corrected chi connectivity index (χ2v) is 4.41. The molecule has 0 aliphatic carbocycles. The number of aliphatic hydroxyl groups is 1. The van der Waals surface area contributed by atoms with E-state index in [-0.39, 0.29) is 12.9 Å². The average molecular weight is 270 g/mol. The standard InChI is InChI=1S/C17H18O3/c18-12-5-9-15-7-1-2-8-16(15)10-6-14-20-17-11-3-4-13-19-17/h1-2,7-8,17-18H,3-4,11-14H2. The zero-order valence-corrected chi connectivity index (χ0v) is 11.4. The summed E-state index contributed by atoms with van der Waals surface area (Å²) in [5.41, 5.74) is 1.67. The maximum absolute atomic E-state index is 8.73. The van der Waals surface area contributed by atoms with E-state index in [1.165, 1.54) is 0 Å². The molecule has 0 amide bonds. The maximum Gasteiger partial charge on any atom is 0.158 e. The van der Waals surface area contributed by atoms with E-state index in [1.807, 2.05) is 24.3 Å². The second kappa shape index (κ2) is 8.40. The van der Waals surface area contributed by atoms with Crippen molar-refractivity contribution in [1.29, 1.82) is 0 Å². The topological polar surface area (TPSA) is 38.7 Å². The Labute approximate surface area is 119 Å². The Morgan fingerprint density at radius 1 is 1.15 bits per heavy atom. The highest BCUT2D eigenvalue weighted by Crippen LogP contribution is 2.13. The summed E-state index contributed by atoms with van der Waals surface area (Å²) in [6, 6.07) is 7.61. The molecule has 104 valence electrons. The van der Waals surface area contributed by atoms with Crippen molar-refractivity contribution >= 4 is 0 Å². The highest BCUT2D eigenvalue weighted by Gasteiger charge is 2.12. The number of benzene rings is 1. The van der Waals surface area contributed by atoms with Crippen LogP contribution < -0.4 is 0 Å². The van der Waals surface area contributed by atoms with E-state index in [9.17, 15) is 0 Å². The van der Waals surface area contributed by atoms with Gasteiger partial charge in [-0.1, -0.05) is 35.8 Å². The van der Waals surface area contributed by atoms with Crippen molar-refractivity contribution < 1.29 is 14.6 Å². The lowest BCUT2D eigenvalue weighted by Gasteiger charge is -2.21. The fourth-order valence-corrected chi connectivity index (χ4v) is 1.94. The highest BCUT2D eigenvalue weighted by molar-refractivity contribution is 5.50. The summed E-state index contributed by atoms with van der Waals surface area (Å²) in [4.78, 5) is 0. The monoisotopic (exact) mass is 270 g/mol. The molecule has 0 spiro atoms. The second-order valence-electron chi connectivity index (χ2n) is 4.41. The Morgan fingerprint density at radius 2 is 1.90 bits per heavy atom. The van der Waals surface area contributed by atoms with Crippen LogP contribution in [0.4, 0.5) is 0 Å². The predicted octanol–water partition coefficient (Wildman–Crippen LogP) is 1.93. The van der Waals surface area contributed by atoms with Gasteiger partial charge in [0.05, 0.1) is 0 Å². The molecule has 1 atom stereocenters. The summed E-state index contributed by atoms with van der Waals surface area (Å²) in [5, 5.41) is 8.73.